The second kappa shape index (κ2) is 9.29. The number of methoxy groups -OCH3 is 1. The lowest BCUT2D eigenvalue weighted by atomic mass is 9.81. The van der Waals surface area contributed by atoms with Gasteiger partial charge in [0.2, 0.25) is 17.6 Å². The fraction of sp³-hybridized carbons (Fsp3) is 0.385. The SMILES string of the molecule is COc1ccccc1-c1noc(CN2C(=O)N(Cc3ccc(C)cc3)C(=O)C3CCCCC32)n1. The second-order valence-corrected chi connectivity index (χ2v) is 8.99. The summed E-state index contributed by atoms with van der Waals surface area (Å²) in [6.45, 7) is 2.44. The number of aromatic nitrogens is 2. The van der Waals surface area contributed by atoms with Gasteiger partial charge in [0.05, 0.1) is 25.1 Å². The maximum Gasteiger partial charge on any atom is 0.327 e. The summed E-state index contributed by atoms with van der Waals surface area (Å²) in [7, 11) is 1.59. The van der Waals surface area contributed by atoms with Crippen LogP contribution < -0.4 is 4.74 Å². The van der Waals surface area contributed by atoms with Crippen LogP contribution in [0.3, 0.4) is 0 Å². The van der Waals surface area contributed by atoms with E-state index in [2.05, 4.69) is 10.1 Å². The van der Waals surface area contributed by atoms with Gasteiger partial charge in [-0.1, -0.05) is 60.0 Å². The lowest BCUT2D eigenvalue weighted by molar-refractivity contribution is -0.141. The van der Waals surface area contributed by atoms with Crippen LogP contribution in [-0.2, 0) is 17.9 Å². The number of rotatable bonds is 6. The molecule has 3 aromatic rings. The molecular weight excluding hydrogens is 432 g/mol. The zero-order valence-electron chi connectivity index (χ0n) is 19.4. The number of carbonyl (C=O) groups excluding carboxylic acids is 2. The Morgan fingerprint density at radius 1 is 1.03 bits per heavy atom. The standard InChI is InChI=1S/C26H28N4O4/c1-17-11-13-18(14-12-17)15-30-25(31)19-7-3-5-9-21(19)29(26(30)32)16-23-27-24(28-34-23)20-8-4-6-10-22(20)33-2/h4,6,8,10-14,19,21H,3,5,7,9,15-16H2,1-2H3. The summed E-state index contributed by atoms with van der Waals surface area (Å²) in [5.74, 6) is 1.11. The van der Waals surface area contributed by atoms with Gasteiger partial charge >= 0.3 is 6.03 Å². The minimum absolute atomic E-state index is 0.0771. The summed E-state index contributed by atoms with van der Waals surface area (Å²) in [5.41, 5.74) is 2.78. The molecule has 2 atom stereocenters. The van der Waals surface area contributed by atoms with Crippen LogP contribution in [-0.4, -0.2) is 45.0 Å². The molecule has 2 unspecified atom stereocenters. The number of aryl methyl sites for hydroxylation is 1. The van der Waals surface area contributed by atoms with Crippen molar-refractivity contribution in [3.05, 3.63) is 65.5 Å². The van der Waals surface area contributed by atoms with Gasteiger partial charge in [0.25, 0.3) is 0 Å². The highest BCUT2D eigenvalue weighted by Crippen LogP contribution is 2.36. The number of amides is 3. The third-order valence-electron chi connectivity index (χ3n) is 6.77. The van der Waals surface area contributed by atoms with Gasteiger partial charge in [0.1, 0.15) is 12.3 Å². The van der Waals surface area contributed by atoms with Gasteiger partial charge in [-0.25, -0.2) is 4.79 Å². The molecule has 8 nitrogen and oxygen atoms in total. The molecule has 5 rings (SSSR count). The van der Waals surface area contributed by atoms with Crippen molar-refractivity contribution in [2.45, 2.75) is 51.7 Å². The Kier molecular flexibility index (Phi) is 6.04. The van der Waals surface area contributed by atoms with Gasteiger partial charge in [-0.2, -0.15) is 4.98 Å². The van der Waals surface area contributed by atoms with Crippen molar-refractivity contribution < 1.29 is 18.8 Å². The van der Waals surface area contributed by atoms with Gasteiger partial charge in [-0.05, 0) is 37.5 Å². The van der Waals surface area contributed by atoms with Crippen LogP contribution in [0.5, 0.6) is 5.75 Å². The maximum atomic E-state index is 13.6. The molecule has 176 valence electrons. The average Bonchev–Trinajstić information content (AvgIpc) is 3.34. The predicted octanol–water partition coefficient (Wildman–Crippen LogP) is 4.58. The molecule has 3 amide bonds. The quantitative estimate of drug-likeness (QED) is 0.535. The minimum Gasteiger partial charge on any atom is -0.496 e. The van der Waals surface area contributed by atoms with Gasteiger partial charge in [0, 0.05) is 6.04 Å². The third-order valence-corrected chi connectivity index (χ3v) is 6.77. The number of nitrogens with zero attached hydrogens (tertiary/aromatic N) is 4. The number of imide groups is 1. The number of para-hydroxylation sites is 1. The Bertz CT molecular complexity index is 1190. The highest BCUT2D eigenvalue weighted by atomic mass is 16.5. The number of urea groups is 1. The molecule has 2 heterocycles. The van der Waals surface area contributed by atoms with E-state index in [-0.39, 0.29) is 37.0 Å². The van der Waals surface area contributed by atoms with E-state index in [1.807, 2.05) is 55.5 Å². The summed E-state index contributed by atoms with van der Waals surface area (Å²) in [6, 6.07) is 14.9. The number of fused-ring (bicyclic) bond motifs is 1. The Hall–Kier alpha value is -3.68. The molecule has 0 N–H and O–H groups in total. The Labute approximate surface area is 198 Å². The third kappa shape index (κ3) is 4.16. The molecule has 1 aromatic heterocycles. The van der Waals surface area contributed by atoms with Crippen molar-refractivity contribution in [2.75, 3.05) is 7.11 Å². The minimum atomic E-state index is -0.300. The molecule has 1 saturated heterocycles. The van der Waals surface area contributed by atoms with Crippen LogP contribution in [0.25, 0.3) is 11.4 Å². The zero-order chi connectivity index (χ0) is 23.7. The van der Waals surface area contributed by atoms with Crippen molar-refractivity contribution in [1.29, 1.82) is 0 Å². The van der Waals surface area contributed by atoms with Crippen LogP contribution in [0.1, 0.15) is 42.7 Å². The maximum absolute atomic E-state index is 13.6. The highest BCUT2D eigenvalue weighted by molar-refractivity contribution is 5.98. The van der Waals surface area contributed by atoms with Crippen LogP contribution in [0.2, 0.25) is 0 Å². The van der Waals surface area contributed by atoms with Crippen molar-refractivity contribution in [2.24, 2.45) is 5.92 Å². The van der Waals surface area contributed by atoms with Crippen LogP contribution in [0, 0.1) is 12.8 Å². The summed E-state index contributed by atoms with van der Waals surface area (Å²) < 4.78 is 10.9. The molecule has 0 radical (unpaired) electrons. The summed E-state index contributed by atoms with van der Waals surface area (Å²) >= 11 is 0. The van der Waals surface area contributed by atoms with E-state index < -0.39 is 0 Å². The lowest BCUT2D eigenvalue weighted by Gasteiger charge is -2.46. The van der Waals surface area contributed by atoms with Crippen molar-refractivity contribution in [1.82, 2.24) is 19.9 Å². The van der Waals surface area contributed by atoms with Crippen molar-refractivity contribution >= 4 is 11.9 Å². The second-order valence-electron chi connectivity index (χ2n) is 8.99. The largest absolute Gasteiger partial charge is 0.496 e. The van der Waals surface area contributed by atoms with Gasteiger partial charge in [0.15, 0.2) is 0 Å². The van der Waals surface area contributed by atoms with Crippen LogP contribution >= 0.6 is 0 Å². The van der Waals surface area contributed by atoms with Gasteiger partial charge in [-0.15, -0.1) is 0 Å². The van der Waals surface area contributed by atoms with Gasteiger partial charge < -0.3 is 14.2 Å². The monoisotopic (exact) mass is 460 g/mol. The smallest absolute Gasteiger partial charge is 0.327 e. The summed E-state index contributed by atoms with van der Waals surface area (Å²) in [5, 5.41) is 4.11. The average molecular weight is 461 g/mol. The van der Waals surface area contributed by atoms with E-state index in [4.69, 9.17) is 9.26 Å². The Morgan fingerprint density at radius 3 is 2.59 bits per heavy atom. The van der Waals surface area contributed by atoms with E-state index in [0.29, 0.717) is 17.5 Å². The molecule has 1 aliphatic heterocycles. The molecule has 34 heavy (non-hydrogen) atoms. The normalized spacial score (nSPS) is 20.4. The number of ether oxygens (including phenoxy) is 1. The van der Waals surface area contributed by atoms with Crippen molar-refractivity contribution in [3.63, 3.8) is 0 Å². The first-order valence-electron chi connectivity index (χ1n) is 11.7. The fourth-order valence-corrected chi connectivity index (χ4v) is 4.97. The molecule has 2 fully saturated rings. The molecule has 0 spiro atoms. The number of carbonyl (C=O) groups is 2. The lowest BCUT2D eigenvalue weighted by Crippen LogP contribution is -2.61. The fourth-order valence-electron chi connectivity index (χ4n) is 4.97. The van der Waals surface area contributed by atoms with E-state index >= 15 is 0 Å². The topological polar surface area (TPSA) is 88.8 Å². The molecule has 2 aliphatic rings. The Balaban J connectivity index is 1.41. The first kappa shape index (κ1) is 22.1. The summed E-state index contributed by atoms with van der Waals surface area (Å²) in [6.07, 6.45) is 3.57. The van der Waals surface area contributed by atoms with Crippen LogP contribution in [0.15, 0.2) is 53.1 Å². The Morgan fingerprint density at radius 2 is 1.79 bits per heavy atom. The number of benzene rings is 2. The van der Waals surface area contributed by atoms with E-state index in [0.717, 1.165) is 42.4 Å². The van der Waals surface area contributed by atoms with Crippen molar-refractivity contribution in [3.8, 4) is 17.1 Å². The molecule has 1 aliphatic carbocycles. The first-order chi connectivity index (χ1) is 16.5. The molecule has 2 aromatic carbocycles. The van der Waals surface area contributed by atoms with E-state index in [9.17, 15) is 9.59 Å². The predicted molar refractivity (Wildman–Crippen MR) is 125 cm³/mol. The van der Waals surface area contributed by atoms with Crippen LogP contribution in [0.4, 0.5) is 4.79 Å². The highest BCUT2D eigenvalue weighted by Gasteiger charge is 2.47. The zero-order valence-corrected chi connectivity index (χ0v) is 19.4. The summed E-state index contributed by atoms with van der Waals surface area (Å²) in [4.78, 5) is 34.5. The van der Waals surface area contributed by atoms with Gasteiger partial charge in [-0.3, -0.25) is 9.69 Å². The van der Waals surface area contributed by atoms with E-state index in [1.54, 1.807) is 12.0 Å². The molecule has 0 bridgehead atoms. The molecule has 1 saturated carbocycles. The molecule has 8 heteroatoms. The first-order valence-corrected chi connectivity index (χ1v) is 11.7. The number of hydrogen-bond acceptors (Lipinski definition) is 6. The number of hydrogen-bond donors (Lipinski definition) is 0. The molecular formula is C26H28N4O4. The van der Waals surface area contributed by atoms with E-state index in [1.165, 1.54) is 4.90 Å².